The topological polar surface area (TPSA) is 71.8 Å². The highest BCUT2D eigenvalue weighted by atomic mass is 19.1. The fourth-order valence-electron chi connectivity index (χ4n) is 3.96. The molecule has 2 aromatic carbocycles. The number of amides is 1. The Morgan fingerprint density at radius 3 is 2.73 bits per heavy atom. The van der Waals surface area contributed by atoms with Crippen molar-refractivity contribution in [2.45, 2.75) is 39.2 Å². The third-order valence-corrected chi connectivity index (χ3v) is 5.67. The van der Waals surface area contributed by atoms with Crippen molar-refractivity contribution in [1.82, 2.24) is 20.3 Å². The van der Waals surface area contributed by atoms with E-state index in [0.29, 0.717) is 6.54 Å². The molecule has 6 nitrogen and oxygen atoms in total. The van der Waals surface area contributed by atoms with E-state index in [1.54, 1.807) is 12.1 Å². The number of nitrogens with one attached hydrogen (secondary N) is 2. The van der Waals surface area contributed by atoms with Crippen molar-refractivity contribution in [1.29, 1.82) is 0 Å². The molecule has 0 spiro atoms. The monoisotopic (exact) mass is 407 g/mol. The average Bonchev–Trinajstić information content (AvgIpc) is 3.17. The first-order valence-corrected chi connectivity index (χ1v) is 10.3. The Morgan fingerprint density at radius 2 is 1.97 bits per heavy atom. The maximum absolute atomic E-state index is 14.2. The van der Waals surface area contributed by atoms with Crippen molar-refractivity contribution in [3.63, 3.8) is 0 Å². The molecule has 0 unspecified atom stereocenters. The lowest BCUT2D eigenvalue weighted by Crippen LogP contribution is -2.29. The van der Waals surface area contributed by atoms with Crippen LogP contribution in [0.5, 0.6) is 0 Å². The minimum absolute atomic E-state index is 0.157. The molecule has 1 aliphatic heterocycles. The average molecular weight is 407 g/mol. The molecule has 1 fully saturated rings. The van der Waals surface area contributed by atoms with Gasteiger partial charge in [0.1, 0.15) is 5.82 Å². The molecular formula is C23H26FN5O. The minimum Gasteiger partial charge on any atom is -0.318 e. The van der Waals surface area contributed by atoms with E-state index in [1.807, 2.05) is 23.7 Å². The Morgan fingerprint density at radius 1 is 1.20 bits per heavy atom. The number of nitrogens with zero attached hydrogens (tertiary/aromatic N) is 3. The number of halogens is 1. The molecule has 2 heterocycles. The summed E-state index contributed by atoms with van der Waals surface area (Å²) in [7, 11) is 0. The number of aromatic nitrogens is 3. The molecule has 1 amide bonds. The van der Waals surface area contributed by atoms with Gasteiger partial charge in [0.25, 0.3) is 5.91 Å². The molecule has 3 aromatic rings. The van der Waals surface area contributed by atoms with Gasteiger partial charge in [-0.15, -0.1) is 5.10 Å². The van der Waals surface area contributed by atoms with Crippen LogP contribution in [0.2, 0.25) is 0 Å². The Hall–Kier alpha value is -3.06. The van der Waals surface area contributed by atoms with Crippen LogP contribution >= 0.6 is 0 Å². The van der Waals surface area contributed by atoms with Crippen LogP contribution in [0.3, 0.4) is 0 Å². The zero-order valence-electron chi connectivity index (χ0n) is 17.3. The summed E-state index contributed by atoms with van der Waals surface area (Å²) in [6, 6.07) is 12.8. The Kier molecular flexibility index (Phi) is 5.90. The number of hydrogen-bond donors (Lipinski definition) is 2. The quantitative estimate of drug-likeness (QED) is 0.675. The number of aryl methyl sites for hydroxylation is 2. The third kappa shape index (κ3) is 4.26. The molecule has 4 rings (SSSR count). The highest BCUT2D eigenvalue weighted by Crippen LogP contribution is 2.29. The van der Waals surface area contributed by atoms with Gasteiger partial charge in [0.05, 0.1) is 17.9 Å². The number of carbonyl (C=O) groups is 1. The van der Waals surface area contributed by atoms with Gasteiger partial charge in [-0.2, -0.15) is 0 Å². The Labute approximate surface area is 175 Å². The van der Waals surface area contributed by atoms with Crippen LogP contribution in [0.25, 0.3) is 0 Å². The van der Waals surface area contributed by atoms with Gasteiger partial charge in [0, 0.05) is 5.92 Å². The van der Waals surface area contributed by atoms with Crippen LogP contribution in [0.4, 0.5) is 10.1 Å². The highest BCUT2D eigenvalue weighted by Gasteiger charge is 2.28. The number of piperidine rings is 1. The summed E-state index contributed by atoms with van der Waals surface area (Å²) < 4.78 is 16.0. The second kappa shape index (κ2) is 8.75. The lowest BCUT2D eigenvalue weighted by Gasteiger charge is -2.24. The lowest BCUT2D eigenvalue weighted by atomic mass is 9.92. The van der Waals surface area contributed by atoms with Crippen molar-refractivity contribution in [2.24, 2.45) is 0 Å². The smallest absolute Gasteiger partial charge is 0.278 e. The van der Waals surface area contributed by atoms with Crippen molar-refractivity contribution in [3.8, 4) is 0 Å². The molecule has 30 heavy (non-hydrogen) atoms. The van der Waals surface area contributed by atoms with Gasteiger partial charge in [-0.25, -0.2) is 9.07 Å². The molecule has 0 saturated carbocycles. The molecule has 1 aliphatic rings. The third-order valence-electron chi connectivity index (χ3n) is 5.67. The fraction of sp³-hybridized carbons (Fsp3) is 0.348. The summed E-state index contributed by atoms with van der Waals surface area (Å²) in [4.78, 5) is 13.1. The molecular weight excluding hydrogens is 381 g/mol. The van der Waals surface area contributed by atoms with Crippen LogP contribution in [-0.2, 0) is 6.54 Å². The summed E-state index contributed by atoms with van der Waals surface area (Å²) in [5, 5.41) is 14.6. The van der Waals surface area contributed by atoms with Gasteiger partial charge in [-0.05, 0) is 68.6 Å². The number of hydrogen-bond acceptors (Lipinski definition) is 4. The minimum atomic E-state index is -0.468. The summed E-state index contributed by atoms with van der Waals surface area (Å²) in [6.45, 7) is 6.23. The fourth-order valence-corrected chi connectivity index (χ4v) is 3.96. The summed E-state index contributed by atoms with van der Waals surface area (Å²) in [5.41, 5.74) is 4.42. The SMILES string of the molecule is Cc1ccc(F)c(NC(=O)c2nnn(Cc3ccccc3C)c2C2CCNCC2)c1. The van der Waals surface area contributed by atoms with Crippen LogP contribution in [0.15, 0.2) is 42.5 Å². The first kappa shape index (κ1) is 20.2. The maximum atomic E-state index is 14.2. The van der Waals surface area contributed by atoms with E-state index in [9.17, 15) is 9.18 Å². The molecule has 1 aromatic heterocycles. The first-order chi connectivity index (χ1) is 14.5. The van der Waals surface area contributed by atoms with E-state index in [2.05, 4.69) is 40.0 Å². The number of carbonyl (C=O) groups excluding carboxylic acids is 1. The van der Waals surface area contributed by atoms with Crippen LogP contribution in [0.1, 0.15) is 51.6 Å². The van der Waals surface area contributed by atoms with Gasteiger partial charge in [-0.3, -0.25) is 4.79 Å². The Balaban J connectivity index is 1.68. The molecule has 0 atom stereocenters. The molecule has 7 heteroatoms. The van der Waals surface area contributed by atoms with E-state index in [4.69, 9.17) is 0 Å². The van der Waals surface area contributed by atoms with E-state index in [1.165, 1.54) is 6.07 Å². The summed E-state index contributed by atoms with van der Waals surface area (Å²) >= 11 is 0. The van der Waals surface area contributed by atoms with Gasteiger partial charge in [0.15, 0.2) is 5.69 Å². The highest BCUT2D eigenvalue weighted by molar-refractivity contribution is 6.03. The van der Waals surface area contributed by atoms with E-state index in [-0.39, 0.29) is 17.3 Å². The zero-order chi connectivity index (χ0) is 21.1. The second-order valence-corrected chi connectivity index (χ2v) is 7.87. The molecule has 0 bridgehead atoms. The predicted octanol–water partition coefficient (Wildman–Crippen LogP) is 3.80. The van der Waals surface area contributed by atoms with Crippen molar-refractivity contribution in [3.05, 3.63) is 76.4 Å². The number of rotatable bonds is 5. The molecule has 2 N–H and O–H groups in total. The normalized spacial score (nSPS) is 14.6. The molecule has 156 valence electrons. The van der Waals surface area contributed by atoms with E-state index >= 15 is 0 Å². The van der Waals surface area contributed by atoms with Crippen molar-refractivity contribution >= 4 is 11.6 Å². The van der Waals surface area contributed by atoms with Crippen LogP contribution in [0, 0.1) is 19.7 Å². The largest absolute Gasteiger partial charge is 0.318 e. The number of anilines is 1. The van der Waals surface area contributed by atoms with E-state index in [0.717, 1.165) is 48.3 Å². The van der Waals surface area contributed by atoms with Gasteiger partial charge in [0.2, 0.25) is 0 Å². The summed E-state index contributed by atoms with van der Waals surface area (Å²) in [6.07, 6.45) is 1.81. The van der Waals surface area contributed by atoms with Gasteiger partial charge >= 0.3 is 0 Å². The molecule has 0 aliphatic carbocycles. The standard InChI is InChI=1S/C23H26FN5O/c1-15-7-8-19(24)20(13-15)26-23(30)21-22(17-9-11-25-12-10-17)29(28-27-21)14-18-6-4-3-5-16(18)2/h3-8,13,17,25H,9-12,14H2,1-2H3,(H,26,30). The zero-order valence-corrected chi connectivity index (χ0v) is 17.3. The number of benzene rings is 2. The predicted molar refractivity (Wildman–Crippen MR) is 114 cm³/mol. The molecule has 1 saturated heterocycles. The van der Waals surface area contributed by atoms with Crippen molar-refractivity contribution < 1.29 is 9.18 Å². The summed E-state index contributed by atoms with van der Waals surface area (Å²) in [5.74, 6) is -0.720. The van der Waals surface area contributed by atoms with Gasteiger partial charge < -0.3 is 10.6 Å². The lowest BCUT2D eigenvalue weighted by molar-refractivity contribution is 0.102. The van der Waals surface area contributed by atoms with Gasteiger partial charge in [-0.1, -0.05) is 35.5 Å². The van der Waals surface area contributed by atoms with Crippen LogP contribution < -0.4 is 10.6 Å². The second-order valence-electron chi connectivity index (χ2n) is 7.87. The van der Waals surface area contributed by atoms with E-state index < -0.39 is 11.7 Å². The molecule has 0 radical (unpaired) electrons. The van der Waals surface area contributed by atoms with Crippen molar-refractivity contribution in [2.75, 3.05) is 18.4 Å². The first-order valence-electron chi connectivity index (χ1n) is 10.3. The Bertz CT molecular complexity index is 1060. The maximum Gasteiger partial charge on any atom is 0.278 e. The van der Waals surface area contributed by atoms with Crippen LogP contribution in [-0.4, -0.2) is 34.0 Å².